The highest BCUT2D eigenvalue weighted by Crippen LogP contribution is 2.11. The number of rotatable bonds is 6. The lowest BCUT2D eigenvalue weighted by molar-refractivity contribution is 0.0939. The number of anilines is 1. The molecule has 2 N–H and O–H groups in total. The number of nitrogens with zero attached hydrogens (tertiary/aromatic N) is 3. The summed E-state index contributed by atoms with van der Waals surface area (Å²) in [4.78, 5) is 36.2. The van der Waals surface area contributed by atoms with Crippen molar-refractivity contribution in [3.8, 4) is 6.07 Å². The molecular weight excluding hydrogens is 346 g/mol. The molecule has 1 heterocycles. The van der Waals surface area contributed by atoms with Crippen LogP contribution in [0.4, 0.5) is 5.82 Å². The number of carbonyl (C=O) groups is 1. The molecule has 2 rings (SSSR count). The first-order valence-electron chi connectivity index (χ1n) is 8.63. The first kappa shape index (κ1) is 20.0. The maximum atomic E-state index is 12.1. The monoisotopic (exact) mass is 369 g/mol. The Bertz CT molecular complexity index is 996. The van der Waals surface area contributed by atoms with Gasteiger partial charge in [-0.2, -0.15) is 5.26 Å². The van der Waals surface area contributed by atoms with Crippen molar-refractivity contribution in [2.24, 2.45) is 14.1 Å². The molecular formula is C19H23N5O3. The van der Waals surface area contributed by atoms with Gasteiger partial charge in [0.25, 0.3) is 11.5 Å². The lowest BCUT2D eigenvalue weighted by Crippen LogP contribution is -2.39. The molecule has 142 valence electrons. The maximum Gasteiger partial charge on any atom is 0.332 e. The SMILES string of the molecule is CC[C@@H](C)NC(=O)c1ccc(CNc2c(C#N)c(=O)n(C)c(=O)n2C)cc1. The third-order valence-electron chi connectivity index (χ3n) is 4.44. The molecule has 0 spiro atoms. The lowest BCUT2D eigenvalue weighted by atomic mass is 10.1. The quantitative estimate of drug-likeness (QED) is 0.792. The fraction of sp³-hybridized carbons (Fsp3) is 0.368. The summed E-state index contributed by atoms with van der Waals surface area (Å²) in [7, 11) is 2.83. The number of amides is 1. The molecule has 1 aromatic carbocycles. The van der Waals surface area contributed by atoms with Gasteiger partial charge in [-0.15, -0.1) is 0 Å². The van der Waals surface area contributed by atoms with Crippen molar-refractivity contribution in [1.29, 1.82) is 5.26 Å². The van der Waals surface area contributed by atoms with Crippen LogP contribution < -0.4 is 21.9 Å². The van der Waals surface area contributed by atoms with E-state index in [-0.39, 0.29) is 23.3 Å². The normalized spacial score (nSPS) is 11.5. The number of hydrogen-bond acceptors (Lipinski definition) is 5. The van der Waals surface area contributed by atoms with Gasteiger partial charge in [-0.3, -0.25) is 18.7 Å². The van der Waals surface area contributed by atoms with Crippen molar-refractivity contribution in [1.82, 2.24) is 14.5 Å². The van der Waals surface area contributed by atoms with Crippen LogP contribution in [0.25, 0.3) is 0 Å². The van der Waals surface area contributed by atoms with E-state index >= 15 is 0 Å². The predicted molar refractivity (Wildman–Crippen MR) is 103 cm³/mol. The molecule has 27 heavy (non-hydrogen) atoms. The molecule has 1 atom stereocenters. The van der Waals surface area contributed by atoms with Gasteiger partial charge in [-0.25, -0.2) is 4.79 Å². The highest BCUT2D eigenvalue weighted by atomic mass is 16.2. The average molecular weight is 369 g/mol. The first-order chi connectivity index (χ1) is 12.8. The second kappa shape index (κ2) is 8.36. The molecule has 2 aromatic rings. The zero-order valence-corrected chi connectivity index (χ0v) is 15.9. The van der Waals surface area contributed by atoms with Crippen LogP contribution in [0.15, 0.2) is 33.9 Å². The van der Waals surface area contributed by atoms with E-state index in [4.69, 9.17) is 0 Å². The van der Waals surface area contributed by atoms with E-state index in [0.717, 1.165) is 16.6 Å². The van der Waals surface area contributed by atoms with E-state index in [0.29, 0.717) is 12.1 Å². The minimum atomic E-state index is -0.639. The van der Waals surface area contributed by atoms with E-state index in [1.54, 1.807) is 24.3 Å². The van der Waals surface area contributed by atoms with Crippen LogP contribution in [0.3, 0.4) is 0 Å². The molecule has 1 amide bonds. The molecule has 0 fully saturated rings. The summed E-state index contributed by atoms with van der Waals surface area (Å²) in [6.07, 6.45) is 0.851. The summed E-state index contributed by atoms with van der Waals surface area (Å²) < 4.78 is 2.13. The molecule has 0 saturated heterocycles. The molecule has 0 saturated carbocycles. The Labute approximate surface area is 157 Å². The van der Waals surface area contributed by atoms with Crippen molar-refractivity contribution in [2.45, 2.75) is 32.9 Å². The van der Waals surface area contributed by atoms with Crippen molar-refractivity contribution in [3.05, 3.63) is 61.8 Å². The Kier molecular flexibility index (Phi) is 6.19. The first-order valence-corrected chi connectivity index (χ1v) is 8.63. The van der Waals surface area contributed by atoms with Gasteiger partial charge in [0, 0.05) is 32.2 Å². The van der Waals surface area contributed by atoms with Crippen molar-refractivity contribution in [3.63, 3.8) is 0 Å². The van der Waals surface area contributed by atoms with Crippen LogP contribution in [-0.4, -0.2) is 21.1 Å². The zero-order chi connectivity index (χ0) is 20.1. The molecule has 0 aliphatic rings. The van der Waals surface area contributed by atoms with Crippen molar-refractivity contribution in [2.75, 3.05) is 5.32 Å². The molecule has 1 aromatic heterocycles. The number of nitrogens with one attached hydrogen (secondary N) is 2. The van der Waals surface area contributed by atoms with Crippen molar-refractivity contribution < 1.29 is 4.79 Å². The van der Waals surface area contributed by atoms with Gasteiger partial charge in [0.15, 0.2) is 5.56 Å². The van der Waals surface area contributed by atoms with E-state index in [1.807, 2.05) is 19.9 Å². The standard InChI is InChI=1S/C19H23N5O3/c1-5-12(2)22-17(25)14-8-6-13(7-9-14)11-21-16-15(10-20)18(26)24(4)19(27)23(16)3/h6-9,12,21H,5,11H2,1-4H3,(H,22,25)/t12-/m1/s1. The zero-order valence-electron chi connectivity index (χ0n) is 15.9. The van der Waals surface area contributed by atoms with E-state index in [2.05, 4.69) is 10.6 Å². The summed E-state index contributed by atoms with van der Waals surface area (Å²) in [6, 6.07) is 8.94. The Balaban J connectivity index is 2.19. The minimum Gasteiger partial charge on any atom is -0.366 e. The van der Waals surface area contributed by atoms with Gasteiger partial charge in [-0.1, -0.05) is 19.1 Å². The van der Waals surface area contributed by atoms with Crippen LogP contribution in [0.5, 0.6) is 0 Å². The average Bonchev–Trinajstić information content (AvgIpc) is 2.68. The maximum absolute atomic E-state index is 12.1. The summed E-state index contributed by atoms with van der Waals surface area (Å²) in [5.41, 5.74) is 0.118. The summed E-state index contributed by atoms with van der Waals surface area (Å²) in [5, 5.41) is 15.1. The lowest BCUT2D eigenvalue weighted by Gasteiger charge is -2.14. The van der Waals surface area contributed by atoms with Crippen LogP contribution in [0, 0.1) is 11.3 Å². The van der Waals surface area contributed by atoms with Gasteiger partial charge in [-0.05, 0) is 31.0 Å². The highest BCUT2D eigenvalue weighted by Gasteiger charge is 2.15. The number of nitriles is 1. The Morgan fingerprint density at radius 3 is 2.37 bits per heavy atom. The van der Waals surface area contributed by atoms with Gasteiger partial charge < -0.3 is 10.6 Å². The number of carbonyl (C=O) groups excluding carboxylic acids is 1. The van der Waals surface area contributed by atoms with Gasteiger partial charge >= 0.3 is 5.69 Å². The largest absolute Gasteiger partial charge is 0.366 e. The van der Waals surface area contributed by atoms with E-state index in [1.165, 1.54) is 18.7 Å². The third kappa shape index (κ3) is 4.26. The van der Waals surface area contributed by atoms with E-state index in [9.17, 15) is 19.6 Å². The molecule has 0 aliphatic carbocycles. The van der Waals surface area contributed by atoms with Crippen molar-refractivity contribution >= 4 is 11.7 Å². The van der Waals surface area contributed by atoms with Crippen LogP contribution in [0.1, 0.15) is 41.8 Å². The number of benzene rings is 1. The Morgan fingerprint density at radius 2 is 1.81 bits per heavy atom. The van der Waals surface area contributed by atoms with Crippen LogP contribution in [0.2, 0.25) is 0 Å². The fourth-order valence-corrected chi connectivity index (χ4v) is 2.52. The fourth-order valence-electron chi connectivity index (χ4n) is 2.52. The Morgan fingerprint density at radius 1 is 1.19 bits per heavy atom. The van der Waals surface area contributed by atoms with Gasteiger partial charge in [0.2, 0.25) is 0 Å². The number of aromatic nitrogens is 2. The summed E-state index contributed by atoms with van der Waals surface area (Å²) in [6.45, 7) is 4.24. The highest BCUT2D eigenvalue weighted by molar-refractivity contribution is 5.94. The molecule has 0 bridgehead atoms. The van der Waals surface area contributed by atoms with Crippen LogP contribution in [-0.2, 0) is 20.6 Å². The van der Waals surface area contributed by atoms with Gasteiger partial charge in [0.05, 0.1) is 0 Å². The molecule has 8 nitrogen and oxygen atoms in total. The van der Waals surface area contributed by atoms with E-state index < -0.39 is 11.2 Å². The second-order valence-electron chi connectivity index (χ2n) is 6.37. The predicted octanol–water partition coefficient (Wildman–Crippen LogP) is 1.10. The summed E-state index contributed by atoms with van der Waals surface area (Å²) >= 11 is 0. The smallest absolute Gasteiger partial charge is 0.332 e. The number of hydrogen-bond donors (Lipinski definition) is 2. The topological polar surface area (TPSA) is 109 Å². The molecule has 0 unspecified atom stereocenters. The molecule has 0 radical (unpaired) electrons. The second-order valence-corrected chi connectivity index (χ2v) is 6.37. The van der Waals surface area contributed by atoms with Gasteiger partial charge in [0.1, 0.15) is 11.9 Å². The molecule has 8 heteroatoms. The minimum absolute atomic E-state index is 0.102. The Hall–Kier alpha value is -3.34. The van der Waals surface area contributed by atoms with Crippen LogP contribution >= 0.6 is 0 Å². The molecule has 0 aliphatic heterocycles. The summed E-state index contributed by atoms with van der Waals surface area (Å²) in [5.74, 6) is 0.0359. The third-order valence-corrected chi connectivity index (χ3v) is 4.44.